The van der Waals surface area contributed by atoms with E-state index in [2.05, 4.69) is 15.3 Å². The lowest BCUT2D eigenvalue weighted by Gasteiger charge is -2.08. The highest BCUT2D eigenvalue weighted by Gasteiger charge is 2.21. The van der Waals surface area contributed by atoms with E-state index in [1.807, 2.05) is 6.07 Å². The van der Waals surface area contributed by atoms with Crippen molar-refractivity contribution in [3.8, 4) is 22.9 Å². The largest absolute Gasteiger partial charge is 0.451 e. The Morgan fingerprint density at radius 1 is 1.03 bits per heavy atom. The molecule has 1 atom stereocenters. The van der Waals surface area contributed by atoms with Crippen molar-refractivity contribution >= 4 is 5.97 Å². The van der Waals surface area contributed by atoms with Crippen molar-refractivity contribution < 1.29 is 22.8 Å². The predicted molar refractivity (Wildman–Crippen MR) is 100 cm³/mol. The molecule has 152 valence electrons. The van der Waals surface area contributed by atoms with Crippen LogP contribution in [0.1, 0.15) is 18.9 Å². The monoisotopic (exact) mass is 410 g/mol. The summed E-state index contributed by atoms with van der Waals surface area (Å²) < 4.78 is 29.7. The number of hydrogen-bond donors (Lipinski definition) is 0. The quantitative estimate of drug-likeness (QED) is 0.446. The molecule has 2 heterocycles. The molecule has 2 aromatic heterocycles. The maximum Gasteiger partial charge on any atom is 0.437 e. The van der Waals surface area contributed by atoms with Crippen molar-refractivity contribution in [2.75, 3.05) is 0 Å². The molecule has 10 heteroatoms. The van der Waals surface area contributed by atoms with E-state index in [-0.39, 0.29) is 23.5 Å². The van der Waals surface area contributed by atoms with E-state index in [0.29, 0.717) is 11.1 Å². The number of aromatic nitrogens is 4. The third-order valence-corrected chi connectivity index (χ3v) is 4.09. The van der Waals surface area contributed by atoms with Crippen molar-refractivity contribution in [3.63, 3.8) is 0 Å². The average Bonchev–Trinajstić information content (AvgIpc) is 3.37. The molecule has 0 aliphatic rings. The topological polar surface area (TPSA) is 113 Å². The Balaban J connectivity index is 1.42. The van der Waals surface area contributed by atoms with Crippen molar-refractivity contribution in [1.29, 1.82) is 0 Å². The second kappa shape index (κ2) is 8.11. The van der Waals surface area contributed by atoms with Crippen molar-refractivity contribution in [2.45, 2.75) is 19.6 Å². The minimum absolute atomic E-state index is 0.0557. The fourth-order valence-electron chi connectivity index (χ4n) is 2.62. The van der Waals surface area contributed by atoms with Crippen LogP contribution >= 0.6 is 0 Å². The summed E-state index contributed by atoms with van der Waals surface area (Å²) in [5.41, 5.74) is 1.13. The van der Waals surface area contributed by atoms with Crippen LogP contribution in [0.2, 0.25) is 0 Å². The summed E-state index contributed by atoms with van der Waals surface area (Å²) >= 11 is 0. The SMILES string of the molecule is C[C@H](OC(=O)Cn1nc(-c2ccccc2)oc1=O)c1nnc(-c2ccc(F)cc2)o1. The zero-order chi connectivity index (χ0) is 21.1. The van der Waals surface area contributed by atoms with Crippen LogP contribution in [0.4, 0.5) is 4.39 Å². The van der Waals surface area contributed by atoms with Gasteiger partial charge in [0.15, 0.2) is 6.10 Å². The van der Waals surface area contributed by atoms with Gasteiger partial charge in [0.25, 0.3) is 5.89 Å². The lowest BCUT2D eigenvalue weighted by Crippen LogP contribution is -2.23. The van der Waals surface area contributed by atoms with Gasteiger partial charge in [0, 0.05) is 11.1 Å². The molecule has 0 saturated heterocycles. The molecule has 0 saturated carbocycles. The molecule has 4 rings (SSSR count). The van der Waals surface area contributed by atoms with E-state index in [9.17, 15) is 14.0 Å². The minimum Gasteiger partial charge on any atom is -0.451 e. The number of nitrogens with zero attached hydrogens (tertiary/aromatic N) is 4. The maximum atomic E-state index is 13.0. The lowest BCUT2D eigenvalue weighted by atomic mass is 10.2. The minimum atomic E-state index is -0.865. The fraction of sp³-hybridized carbons (Fsp3) is 0.150. The first-order valence-corrected chi connectivity index (χ1v) is 8.92. The van der Waals surface area contributed by atoms with Gasteiger partial charge in [-0.05, 0) is 43.3 Å². The van der Waals surface area contributed by atoms with Gasteiger partial charge in [0.2, 0.25) is 11.8 Å². The van der Waals surface area contributed by atoms with Crippen LogP contribution in [-0.4, -0.2) is 25.9 Å². The van der Waals surface area contributed by atoms with Gasteiger partial charge < -0.3 is 13.6 Å². The Labute approximate surface area is 168 Å². The smallest absolute Gasteiger partial charge is 0.437 e. The Bertz CT molecular complexity index is 1210. The normalized spacial score (nSPS) is 11.9. The average molecular weight is 410 g/mol. The molecule has 2 aromatic carbocycles. The summed E-state index contributed by atoms with van der Waals surface area (Å²) in [6.07, 6.45) is -0.865. The van der Waals surface area contributed by atoms with Crippen LogP contribution in [0, 0.1) is 5.82 Å². The van der Waals surface area contributed by atoms with Gasteiger partial charge in [-0.15, -0.1) is 15.3 Å². The van der Waals surface area contributed by atoms with Gasteiger partial charge in [-0.2, -0.15) is 4.68 Å². The molecule has 4 aromatic rings. The summed E-state index contributed by atoms with van der Waals surface area (Å²) in [6.45, 7) is 1.10. The Hall–Kier alpha value is -4.08. The molecule has 0 bridgehead atoms. The van der Waals surface area contributed by atoms with Crippen LogP contribution in [0.3, 0.4) is 0 Å². The zero-order valence-electron chi connectivity index (χ0n) is 15.7. The first-order chi connectivity index (χ1) is 14.5. The van der Waals surface area contributed by atoms with Gasteiger partial charge in [-0.3, -0.25) is 4.79 Å². The van der Waals surface area contributed by atoms with E-state index in [0.717, 1.165) is 4.68 Å². The highest BCUT2D eigenvalue weighted by Crippen LogP contribution is 2.22. The lowest BCUT2D eigenvalue weighted by molar-refractivity contribution is -0.150. The molecule has 9 nitrogen and oxygen atoms in total. The zero-order valence-corrected chi connectivity index (χ0v) is 15.7. The first kappa shape index (κ1) is 19.2. The van der Waals surface area contributed by atoms with Crippen molar-refractivity contribution in [1.82, 2.24) is 20.0 Å². The van der Waals surface area contributed by atoms with Crippen molar-refractivity contribution in [2.24, 2.45) is 0 Å². The second-order valence-corrected chi connectivity index (χ2v) is 6.28. The standard InChI is InChI=1S/C20H15FN4O5/c1-12(17-22-23-18(29-17)14-7-9-15(21)10-8-14)28-16(26)11-25-20(27)30-19(24-25)13-5-3-2-4-6-13/h2-10,12H,11H2,1H3/t12-/m0/s1. The molecule has 0 N–H and O–H groups in total. The highest BCUT2D eigenvalue weighted by molar-refractivity contribution is 5.69. The van der Waals surface area contributed by atoms with Crippen LogP contribution in [0.5, 0.6) is 0 Å². The molecule has 0 unspecified atom stereocenters. The summed E-state index contributed by atoms with van der Waals surface area (Å²) in [4.78, 5) is 24.2. The van der Waals surface area contributed by atoms with Gasteiger partial charge in [0.1, 0.15) is 12.4 Å². The van der Waals surface area contributed by atoms with Gasteiger partial charge in [-0.1, -0.05) is 18.2 Å². The van der Waals surface area contributed by atoms with Crippen LogP contribution in [0.15, 0.2) is 68.2 Å². The first-order valence-electron chi connectivity index (χ1n) is 8.92. The number of ether oxygens (including phenoxy) is 1. The molecule has 0 aliphatic carbocycles. The summed E-state index contributed by atoms with van der Waals surface area (Å²) in [7, 11) is 0. The van der Waals surface area contributed by atoms with Crippen molar-refractivity contribution in [3.05, 3.63) is 76.9 Å². The number of halogens is 1. The van der Waals surface area contributed by atoms with Gasteiger partial charge >= 0.3 is 11.7 Å². The number of hydrogen-bond acceptors (Lipinski definition) is 8. The number of rotatable bonds is 6. The second-order valence-electron chi connectivity index (χ2n) is 6.28. The molecule has 30 heavy (non-hydrogen) atoms. The van der Waals surface area contributed by atoms with E-state index in [1.165, 1.54) is 24.3 Å². The highest BCUT2D eigenvalue weighted by atomic mass is 19.1. The summed E-state index contributed by atoms with van der Waals surface area (Å²) in [6, 6.07) is 14.3. The number of carbonyl (C=O) groups excluding carboxylic acids is 1. The van der Waals surface area contributed by atoms with E-state index in [4.69, 9.17) is 13.6 Å². The maximum absolute atomic E-state index is 13.0. The third kappa shape index (κ3) is 4.17. The van der Waals surface area contributed by atoms with E-state index >= 15 is 0 Å². The van der Waals surface area contributed by atoms with Crippen LogP contribution < -0.4 is 5.76 Å². The molecule has 0 spiro atoms. The van der Waals surface area contributed by atoms with Crippen LogP contribution in [-0.2, 0) is 16.1 Å². The summed E-state index contributed by atoms with van der Waals surface area (Å²) in [5, 5.41) is 11.7. The molecule has 0 amide bonds. The fourth-order valence-corrected chi connectivity index (χ4v) is 2.62. The summed E-state index contributed by atoms with van der Waals surface area (Å²) in [5.74, 6) is -1.59. The Kier molecular flexibility index (Phi) is 5.21. The number of carbonyl (C=O) groups is 1. The molecular weight excluding hydrogens is 395 g/mol. The van der Waals surface area contributed by atoms with Gasteiger partial charge in [-0.25, -0.2) is 9.18 Å². The number of esters is 1. The molecular formula is C20H15FN4O5. The van der Waals surface area contributed by atoms with Gasteiger partial charge in [0.05, 0.1) is 0 Å². The Morgan fingerprint density at radius 3 is 2.47 bits per heavy atom. The van der Waals surface area contributed by atoms with E-state index in [1.54, 1.807) is 31.2 Å². The van der Waals surface area contributed by atoms with Crippen LogP contribution in [0.25, 0.3) is 22.9 Å². The number of benzene rings is 2. The van der Waals surface area contributed by atoms with E-state index < -0.39 is 24.4 Å². The molecule has 0 aliphatic heterocycles. The Morgan fingerprint density at radius 2 is 1.73 bits per heavy atom. The molecule has 0 radical (unpaired) electrons. The third-order valence-electron chi connectivity index (χ3n) is 4.09. The predicted octanol–water partition coefficient (Wildman–Crippen LogP) is 3.00. The molecule has 0 fully saturated rings.